The van der Waals surface area contributed by atoms with E-state index in [-0.39, 0.29) is 0 Å². The van der Waals surface area contributed by atoms with Crippen molar-refractivity contribution in [3.05, 3.63) is 42.7 Å². The van der Waals surface area contributed by atoms with Gasteiger partial charge in [0.2, 0.25) is 0 Å². The number of imidazole rings is 1. The van der Waals surface area contributed by atoms with Gasteiger partial charge in [-0.3, -0.25) is 0 Å². The SMILES string of the molecule is c1ccc(-c2nccn2CCCCNC2CC2)cc1. The highest BCUT2D eigenvalue weighted by atomic mass is 15.1. The monoisotopic (exact) mass is 255 g/mol. The maximum absolute atomic E-state index is 4.47. The molecule has 0 bridgehead atoms. The van der Waals surface area contributed by atoms with Gasteiger partial charge in [0.05, 0.1) is 0 Å². The molecule has 1 saturated carbocycles. The molecule has 1 heterocycles. The van der Waals surface area contributed by atoms with Crippen LogP contribution in [-0.4, -0.2) is 22.1 Å². The van der Waals surface area contributed by atoms with Crippen LogP contribution in [0.1, 0.15) is 25.7 Å². The summed E-state index contributed by atoms with van der Waals surface area (Å²) < 4.78 is 2.26. The Morgan fingerprint density at radius 3 is 2.79 bits per heavy atom. The summed E-state index contributed by atoms with van der Waals surface area (Å²) in [4.78, 5) is 4.47. The van der Waals surface area contributed by atoms with Crippen LogP contribution in [0.5, 0.6) is 0 Å². The van der Waals surface area contributed by atoms with Crippen LogP contribution < -0.4 is 5.32 Å². The van der Waals surface area contributed by atoms with Gasteiger partial charge in [0, 0.05) is 30.5 Å². The number of aryl methyl sites for hydroxylation is 1. The van der Waals surface area contributed by atoms with Crippen molar-refractivity contribution in [2.75, 3.05) is 6.54 Å². The summed E-state index contributed by atoms with van der Waals surface area (Å²) in [5.74, 6) is 1.08. The lowest BCUT2D eigenvalue weighted by molar-refractivity contribution is 0.569. The van der Waals surface area contributed by atoms with E-state index in [1.165, 1.54) is 31.2 Å². The van der Waals surface area contributed by atoms with Crippen LogP contribution in [-0.2, 0) is 6.54 Å². The Hall–Kier alpha value is -1.61. The highest BCUT2D eigenvalue weighted by Crippen LogP contribution is 2.19. The van der Waals surface area contributed by atoms with Gasteiger partial charge in [-0.05, 0) is 32.2 Å². The first-order valence-corrected chi connectivity index (χ1v) is 7.23. The molecule has 1 aromatic heterocycles. The Bertz CT molecular complexity index is 500. The molecule has 1 N–H and O–H groups in total. The molecule has 1 aliphatic carbocycles. The highest BCUT2D eigenvalue weighted by Gasteiger charge is 2.19. The molecule has 0 saturated heterocycles. The number of unbranched alkanes of at least 4 members (excludes halogenated alkanes) is 1. The van der Waals surface area contributed by atoms with Crippen molar-refractivity contribution < 1.29 is 0 Å². The minimum Gasteiger partial charge on any atom is -0.331 e. The van der Waals surface area contributed by atoms with Crippen molar-refractivity contribution >= 4 is 0 Å². The first-order chi connectivity index (χ1) is 9.43. The van der Waals surface area contributed by atoms with Crippen LogP contribution in [0.4, 0.5) is 0 Å². The van der Waals surface area contributed by atoms with Gasteiger partial charge in [0.15, 0.2) is 0 Å². The minimum atomic E-state index is 0.827. The molecule has 19 heavy (non-hydrogen) atoms. The Balaban J connectivity index is 1.51. The number of hydrogen-bond donors (Lipinski definition) is 1. The molecule has 1 fully saturated rings. The lowest BCUT2D eigenvalue weighted by Gasteiger charge is -2.08. The third-order valence-corrected chi connectivity index (χ3v) is 3.58. The van der Waals surface area contributed by atoms with Gasteiger partial charge in [0.1, 0.15) is 5.82 Å². The van der Waals surface area contributed by atoms with E-state index in [9.17, 15) is 0 Å². The zero-order valence-corrected chi connectivity index (χ0v) is 11.3. The molecular weight excluding hydrogens is 234 g/mol. The van der Waals surface area contributed by atoms with Crippen LogP contribution in [0.15, 0.2) is 42.7 Å². The van der Waals surface area contributed by atoms with Crippen LogP contribution >= 0.6 is 0 Å². The molecule has 2 aromatic rings. The molecule has 1 aliphatic rings. The van der Waals surface area contributed by atoms with E-state index in [0.717, 1.165) is 25.0 Å². The average Bonchev–Trinajstić information content (AvgIpc) is 3.16. The molecule has 0 spiro atoms. The van der Waals surface area contributed by atoms with Gasteiger partial charge in [-0.15, -0.1) is 0 Å². The van der Waals surface area contributed by atoms with E-state index < -0.39 is 0 Å². The molecule has 0 atom stereocenters. The van der Waals surface area contributed by atoms with E-state index >= 15 is 0 Å². The average molecular weight is 255 g/mol. The van der Waals surface area contributed by atoms with Crippen LogP contribution in [0.25, 0.3) is 11.4 Å². The van der Waals surface area contributed by atoms with Gasteiger partial charge >= 0.3 is 0 Å². The molecular formula is C16H21N3. The second-order valence-corrected chi connectivity index (χ2v) is 5.25. The second-order valence-electron chi connectivity index (χ2n) is 5.25. The number of nitrogens with one attached hydrogen (secondary N) is 1. The van der Waals surface area contributed by atoms with Gasteiger partial charge in [-0.1, -0.05) is 30.3 Å². The molecule has 0 radical (unpaired) electrons. The Morgan fingerprint density at radius 2 is 2.00 bits per heavy atom. The van der Waals surface area contributed by atoms with Crippen LogP contribution in [0.3, 0.4) is 0 Å². The van der Waals surface area contributed by atoms with E-state index in [1.54, 1.807) is 0 Å². The maximum Gasteiger partial charge on any atom is 0.139 e. The summed E-state index contributed by atoms with van der Waals surface area (Å²) in [6, 6.07) is 11.2. The van der Waals surface area contributed by atoms with Crippen molar-refractivity contribution in [3.63, 3.8) is 0 Å². The third-order valence-electron chi connectivity index (χ3n) is 3.58. The molecule has 1 aromatic carbocycles. The molecule has 0 aliphatic heterocycles. The Labute approximate surface area is 114 Å². The van der Waals surface area contributed by atoms with E-state index in [2.05, 4.69) is 45.3 Å². The summed E-state index contributed by atoms with van der Waals surface area (Å²) in [5, 5.41) is 3.56. The highest BCUT2D eigenvalue weighted by molar-refractivity contribution is 5.54. The van der Waals surface area contributed by atoms with E-state index in [0.29, 0.717) is 0 Å². The van der Waals surface area contributed by atoms with Gasteiger partial charge in [-0.25, -0.2) is 4.98 Å². The molecule has 3 rings (SSSR count). The zero-order valence-electron chi connectivity index (χ0n) is 11.3. The Morgan fingerprint density at radius 1 is 1.16 bits per heavy atom. The normalized spacial score (nSPS) is 14.7. The first-order valence-electron chi connectivity index (χ1n) is 7.23. The summed E-state index contributed by atoms with van der Waals surface area (Å²) in [6.45, 7) is 2.20. The van der Waals surface area contributed by atoms with Gasteiger partial charge in [-0.2, -0.15) is 0 Å². The number of rotatable bonds is 7. The summed E-state index contributed by atoms with van der Waals surface area (Å²) in [6.07, 6.45) is 9.17. The van der Waals surface area contributed by atoms with Crippen molar-refractivity contribution in [2.24, 2.45) is 0 Å². The zero-order chi connectivity index (χ0) is 12.9. The molecule has 3 nitrogen and oxygen atoms in total. The summed E-state index contributed by atoms with van der Waals surface area (Å²) in [7, 11) is 0. The van der Waals surface area contributed by atoms with Gasteiger partial charge < -0.3 is 9.88 Å². The van der Waals surface area contributed by atoms with E-state index in [4.69, 9.17) is 0 Å². The quantitative estimate of drug-likeness (QED) is 0.771. The van der Waals surface area contributed by atoms with Crippen LogP contribution in [0, 0.1) is 0 Å². The number of hydrogen-bond acceptors (Lipinski definition) is 2. The molecule has 0 unspecified atom stereocenters. The molecule has 0 amide bonds. The lowest BCUT2D eigenvalue weighted by atomic mass is 10.2. The lowest BCUT2D eigenvalue weighted by Crippen LogP contribution is -2.17. The van der Waals surface area contributed by atoms with Crippen molar-refractivity contribution in [2.45, 2.75) is 38.3 Å². The number of nitrogens with zero attached hydrogens (tertiary/aromatic N) is 2. The Kier molecular flexibility index (Phi) is 3.94. The summed E-state index contributed by atoms with van der Waals surface area (Å²) in [5.41, 5.74) is 1.20. The largest absolute Gasteiger partial charge is 0.331 e. The van der Waals surface area contributed by atoms with E-state index in [1.807, 2.05) is 12.3 Å². The third kappa shape index (κ3) is 3.44. The number of aromatic nitrogens is 2. The molecule has 3 heteroatoms. The minimum absolute atomic E-state index is 0.827. The smallest absolute Gasteiger partial charge is 0.139 e. The second kappa shape index (κ2) is 6.02. The maximum atomic E-state index is 4.47. The fourth-order valence-electron chi connectivity index (χ4n) is 2.34. The van der Waals surface area contributed by atoms with Crippen molar-refractivity contribution in [1.29, 1.82) is 0 Å². The first kappa shape index (κ1) is 12.4. The number of benzene rings is 1. The van der Waals surface area contributed by atoms with Gasteiger partial charge in [0.25, 0.3) is 0 Å². The predicted molar refractivity (Wildman–Crippen MR) is 77.9 cm³/mol. The predicted octanol–water partition coefficient (Wildman–Crippen LogP) is 3.08. The topological polar surface area (TPSA) is 29.9 Å². The fraction of sp³-hybridized carbons (Fsp3) is 0.438. The molecule has 100 valence electrons. The van der Waals surface area contributed by atoms with Crippen LogP contribution in [0.2, 0.25) is 0 Å². The fourth-order valence-corrected chi connectivity index (χ4v) is 2.34. The van der Waals surface area contributed by atoms with Crippen molar-refractivity contribution in [3.8, 4) is 11.4 Å². The summed E-state index contributed by atoms with van der Waals surface area (Å²) >= 11 is 0. The standard InChI is InChI=1S/C16H21N3/c1-2-6-14(7-3-1)16-18-11-13-19(16)12-5-4-10-17-15-8-9-15/h1-3,6-7,11,13,15,17H,4-5,8-10,12H2. The van der Waals surface area contributed by atoms with Crippen molar-refractivity contribution in [1.82, 2.24) is 14.9 Å².